The van der Waals surface area contributed by atoms with E-state index in [4.69, 9.17) is 14.5 Å². The molecule has 0 bridgehead atoms. The van der Waals surface area contributed by atoms with Gasteiger partial charge < -0.3 is 14.4 Å². The van der Waals surface area contributed by atoms with Gasteiger partial charge in [0, 0.05) is 13.1 Å². The first kappa shape index (κ1) is 19.7. The van der Waals surface area contributed by atoms with Gasteiger partial charge in [0.1, 0.15) is 6.61 Å². The largest absolute Gasteiger partial charge is 0.485 e. The number of hydrogen-bond donors (Lipinski definition) is 0. The highest BCUT2D eigenvalue weighted by Crippen LogP contribution is 2.34. The molecular weight excluding hydrogens is 386 g/mol. The standard InChI is InChI=1S/C22H25N3O3S/c1-14-11-15(2)20-19(12-14)29-22(23-20)25(10-9-24(3)4)21(26)18-13-27-16-7-5-6-8-17(16)28-18/h5-8,11-12,18H,9-10,13H2,1-4H3/t18-/m1/s1. The molecule has 152 valence electrons. The summed E-state index contributed by atoms with van der Waals surface area (Å²) in [6, 6.07) is 11.7. The second-order valence-electron chi connectivity index (χ2n) is 7.58. The number of thiazole rings is 1. The molecule has 6 nitrogen and oxygen atoms in total. The number of para-hydroxylation sites is 2. The van der Waals surface area contributed by atoms with Crippen molar-refractivity contribution in [3.05, 3.63) is 47.5 Å². The van der Waals surface area contributed by atoms with Gasteiger partial charge in [0.2, 0.25) is 6.10 Å². The first-order chi connectivity index (χ1) is 13.9. The predicted molar refractivity (Wildman–Crippen MR) is 116 cm³/mol. The monoisotopic (exact) mass is 411 g/mol. The van der Waals surface area contributed by atoms with Crippen molar-refractivity contribution in [2.24, 2.45) is 0 Å². The molecule has 0 unspecified atom stereocenters. The minimum absolute atomic E-state index is 0.130. The first-order valence-corrected chi connectivity index (χ1v) is 10.5. The highest BCUT2D eigenvalue weighted by atomic mass is 32.1. The van der Waals surface area contributed by atoms with E-state index >= 15 is 0 Å². The van der Waals surface area contributed by atoms with Crippen LogP contribution < -0.4 is 14.4 Å². The normalized spacial score (nSPS) is 15.7. The predicted octanol–water partition coefficient (Wildman–Crippen LogP) is 3.65. The maximum Gasteiger partial charge on any atom is 0.273 e. The molecule has 0 fully saturated rings. The molecule has 29 heavy (non-hydrogen) atoms. The van der Waals surface area contributed by atoms with Crippen LogP contribution in [-0.2, 0) is 4.79 Å². The highest BCUT2D eigenvalue weighted by Gasteiger charge is 2.33. The van der Waals surface area contributed by atoms with Crippen LogP contribution in [0.15, 0.2) is 36.4 Å². The van der Waals surface area contributed by atoms with E-state index in [2.05, 4.69) is 30.9 Å². The van der Waals surface area contributed by atoms with Crippen molar-refractivity contribution in [2.75, 3.05) is 38.7 Å². The van der Waals surface area contributed by atoms with Gasteiger partial charge in [0.15, 0.2) is 16.6 Å². The lowest BCUT2D eigenvalue weighted by atomic mass is 10.1. The highest BCUT2D eigenvalue weighted by molar-refractivity contribution is 7.22. The lowest BCUT2D eigenvalue weighted by Crippen LogP contribution is -2.48. The summed E-state index contributed by atoms with van der Waals surface area (Å²) in [5.74, 6) is 1.14. The molecule has 4 rings (SSSR count). The van der Waals surface area contributed by atoms with E-state index in [1.54, 1.807) is 16.2 Å². The van der Waals surface area contributed by atoms with Gasteiger partial charge in [-0.15, -0.1) is 0 Å². The third-order valence-corrected chi connectivity index (χ3v) is 5.90. The Labute approximate surface area is 174 Å². The number of carbonyl (C=O) groups is 1. The van der Waals surface area contributed by atoms with Gasteiger partial charge in [-0.1, -0.05) is 29.5 Å². The summed E-state index contributed by atoms with van der Waals surface area (Å²) < 4.78 is 12.8. The molecule has 0 aliphatic carbocycles. The molecule has 1 aliphatic heterocycles. The molecule has 0 radical (unpaired) electrons. The lowest BCUT2D eigenvalue weighted by Gasteiger charge is -2.30. The van der Waals surface area contributed by atoms with Crippen LogP contribution in [0.5, 0.6) is 11.5 Å². The van der Waals surface area contributed by atoms with Crippen LogP contribution in [0.4, 0.5) is 5.13 Å². The Kier molecular flexibility index (Phi) is 5.43. The van der Waals surface area contributed by atoms with Crippen LogP contribution in [0.3, 0.4) is 0 Å². The maximum absolute atomic E-state index is 13.4. The van der Waals surface area contributed by atoms with Gasteiger partial charge in [-0.3, -0.25) is 9.69 Å². The van der Waals surface area contributed by atoms with Crippen LogP contribution in [0.1, 0.15) is 11.1 Å². The minimum atomic E-state index is -0.693. The molecule has 3 aromatic rings. The zero-order valence-corrected chi connectivity index (χ0v) is 18.0. The summed E-state index contributed by atoms with van der Waals surface area (Å²) in [6.07, 6.45) is -0.693. The molecule has 1 aromatic heterocycles. The number of aryl methyl sites for hydroxylation is 2. The molecule has 0 saturated carbocycles. The van der Waals surface area contributed by atoms with Gasteiger partial charge in [0.05, 0.1) is 10.2 Å². The Bertz CT molecular complexity index is 1050. The molecule has 0 saturated heterocycles. The van der Waals surface area contributed by atoms with Crippen LogP contribution in [0, 0.1) is 13.8 Å². The molecule has 0 spiro atoms. The molecule has 7 heteroatoms. The van der Waals surface area contributed by atoms with Crippen LogP contribution in [0.25, 0.3) is 10.2 Å². The van der Waals surface area contributed by atoms with Crippen LogP contribution >= 0.6 is 11.3 Å². The van der Waals surface area contributed by atoms with Crippen molar-refractivity contribution in [2.45, 2.75) is 20.0 Å². The van der Waals surface area contributed by atoms with Gasteiger partial charge in [-0.05, 0) is 57.3 Å². The van der Waals surface area contributed by atoms with E-state index < -0.39 is 6.10 Å². The van der Waals surface area contributed by atoms with Crippen molar-refractivity contribution >= 4 is 32.6 Å². The summed E-state index contributed by atoms with van der Waals surface area (Å²) in [6.45, 7) is 5.58. The van der Waals surface area contributed by atoms with Crippen molar-refractivity contribution < 1.29 is 14.3 Å². The van der Waals surface area contributed by atoms with Crippen LogP contribution in [-0.4, -0.2) is 55.7 Å². The second kappa shape index (κ2) is 8.00. The average Bonchev–Trinajstić information content (AvgIpc) is 3.11. The second-order valence-corrected chi connectivity index (χ2v) is 8.59. The zero-order chi connectivity index (χ0) is 20.5. The van der Waals surface area contributed by atoms with Gasteiger partial charge in [-0.2, -0.15) is 0 Å². The first-order valence-electron chi connectivity index (χ1n) is 9.65. The van der Waals surface area contributed by atoms with Gasteiger partial charge in [0.25, 0.3) is 5.91 Å². The number of aromatic nitrogens is 1. The van der Waals surface area contributed by atoms with Crippen molar-refractivity contribution in [1.82, 2.24) is 9.88 Å². The average molecular weight is 412 g/mol. The number of likely N-dealkylation sites (N-methyl/N-ethyl adjacent to an activating group) is 1. The number of carbonyl (C=O) groups excluding carboxylic acids is 1. The zero-order valence-electron chi connectivity index (χ0n) is 17.1. The molecular formula is C22H25N3O3S. The fourth-order valence-corrected chi connectivity index (χ4v) is 4.56. The van der Waals surface area contributed by atoms with Crippen LogP contribution in [0.2, 0.25) is 0 Å². The van der Waals surface area contributed by atoms with E-state index in [1.165, 1.54) is 5.56 Å². The summed E-state index contributed by atoms with van der Waals surface area (Å²) in [5.41, 5.74) is 3.26. The fraction of sp³-hybridized carbons (Fsp3) is 0.364. The topological polar surface area (TPSA) is 54.9 Å². The molecule has 1 amide bonds. The number of hydrogen-bond acceptors (Lipinski definition) is 6. The Balaban J connectivity index is 1.65. The fourth-order valence-electron chi connectivity index (χ4n) is 3.39. The number of nitrogens with zero attached hydrogens (tertiary/aromatic N) is 3. The summed E-state index contributed by atoms with van der Waals surface area (Å²) in [7, 11) is 3.98. The molecule has 0 N–H and O–H groups in total. The Morgan fingerprint density at radius 3 is 2.69 bits per heavy atom. The Morgan fingerprint density at radius 2 is 1.93 bits per heavy atom. The van der Waals surface area contributed by atoms with E-state index in [0.29, 0.717) is 23.2 Å². The molecule has 1 aliphatic rings. The maximum atomic E-state index is 13.4. The summed E-state index contributed by atoms with van der Waals surface area (Å²) in [4.78, 5) is 22.0. The number of fused-ring (bicyclic) bond motifs is 2. The number of ether oxygens (including phenoxy) is 2. The number of rotatable bonds is 5. The summed E-state index contributed by atoms with van der Waals surface area (Å²) in [5, 5.41) is 0.697. The van der Waals surface area contributed by atoms with E-state index in [9.17, 15) is 4.79 Å². The van der Waals surface area contributed by atoms with E-state index in [1.807, 2.05) is 38.4 Å². The molecule has 2 aromatic carbocycles. The summed E-state index contributed by atoms with van der Waals surface area (Å²) >= 11 is 1.54. The Morgan fingerprint density at radius 1 is 1.17 bits per heavy atom. The Hall–Kier alpha value is -2.64. The van der Waals surface area contributed by atoms with Gasteiger partial charge in [-0.25, -0.2) is 4.98 Å². The number of amides is 1. The van der Waals surface area contributed by atoms with Crippen molar-refractivity contribution in [3.63, 3.8) is 0 Å². The SMILES string of the molecule is Cc1cc(C)c2nc(N(CCN(C)C)C(=O)[C@H]3COc4ccccc4O3)sc2c1. The third kappa shape index (κ3) is 4.06. The van der Waals surface area contributed by atoms with Crippen molar-refractivity contribution in [3.8, 4) is 11.5 Å². The number of benzene rings is 2. The quantitative estimate of drug-likeness (QED) is 0.642. The number of anilines is 1. The molecule has 1 atom stereocenters. The third-order valence-electron chi connectivity index (χ3n) is 4.87. The van der Waals surface area contributed by atoms with E-state index in [0.717, 1.165) is 22.3 Å². The van der Waals surface area contributed by atoms with Crippen molar-refractivity contribution in [1.29, 1.82) is 0 Å². The molecule has 2 heterocycles. The smallest absolute Gasteiger partial charge is 0.273 e. The minimum Gasteiger partial charge on any atom is -0.485 e. The van der Waals surface area contributed by atoms with E-state index in [-0.39, 0.29) is 12.5 Å². The lowest BCUT2D eigenvalue weighted by molar-refractivity contribution is -0.127. The van der Waals surface area contributed by atoms with Gasteiger partial charge >= 0.3 is 0 Å².